The van der Waals surface area contributed by atoms with Gasteiger partial charge in [0.1, 0.15) is 23.0 Å². The molecule has 2 rings (SSSR count). The molecule has 0 saturated carbocycles. The van der Waals surface area contributed by atoms with Crippen molar-refractivity contribution in [2.75, 3.05) is 117 Å². The molecule has 84 heavy (non-hydrogen) atoms. The molecule has 0 unspecified atom stereocenters. The summed E-state index contributed by atoms with van der Waals surface area (Å²) in [5.74, 6) is 3.65. The average Bonchev–Trinajstić information content (AvgIpc) is 3.71. The van der Waals surface area contributed by atoms with Gasteiger partial charge in [-0.1, -0.05) is 164 Å². The van der Waals surface area contributed by atoms with Crippen LogP contribution in [0.15, 0.2) is 36.4 Å². The lowest BCUT2D eigenvalue weighted by Crippen LogP contribution is -2.12. The number of aromatic hydroxyl groups is 2. The number of phenolic OH excluding ortho intramolecular Hbond substituents is 2. The van der Waals surface area contributed by atoms with Crippen LogP contribution in [0.4, 0.5) is 0 Å². The lowest BCUT2D eigenvalue weighted by atomic mass is 10.0. The summed E-state index contributed by atoms with van der Waals surface area (Å²) in [7, 11) is 4.17. The van der Waals surface area contributed by atoms with Gasteiger partial charge in [-0.15, -0.1) is 0 Å². The predicted octanol–water partition coefficient (Wildman–Crippen LogP) is 16.7. The van der Waals surface area contributed by atoms with E-state index in [2.05, 4.69) is 21.6 Å². The smallest absolute Gasteiger partial charge is 0.311 e. The molecule has 0 heterocycles. The molecule has 0 aromatic heterocycles. The number of benzene rings is 2. The summed E-state index contributed by atoms with van der Waals surface area (Å²) in [5, 5.41) is 20.4. The van der Waals surface area contributed by atoms with Gasteiger partial charge in [-0.2, -0.15) is 0 Å². The van der Waals surface area contributed by atoms with Crippen LogP contribution in [0.25, 0.3) is 0 Å². The molecule has 0 bridgehead atoms. The van der Waals surface area contributed by atoms with E-state index in [1.807, 2.05) is 13.8 Å². The molecule has 0 fully saturated rings. The molecule has 486 valence electrons. The number of carbonyl (C=O) groups is 2. The highest BCUT2D eigenvalue weighted by Crippen LogP contribution is 2.28. The van der Waals surface area contributed by atoms with Crippen molar-refractivity contribution in [1.29, 1.82) is 0 Å². The maximum atomic E-state index is 11.9. The Morgan fingerprint density at radius 2 is 0.571 bits per heavy atom. The minimum absolute atomic E-state index is 0.224. The predicted molar refractivity (Wildman–Crippen MR) is 345 cm³/mol. The van der Waals surface area contributed by atoms with Crippen LogP contribution in [0.5, 0.6) is 23.0 Å². The highest BCUT2D eigenvalue weighted by Gasteiger charge is 2.11. The second-order valence-corrected chi connectivity index (χ2v) is 24.7. The van der Waals surface area contributed by atoms with Crippen LogP contribution in [0.2, 0.25) is 0 Å². The number of phenols is 2. The third-order valence-electron chi connectivity index (χ3n) is 14.4. The van der Waals surface area contributed by atoms with Crippen LogP contribution in [0.3, 0.4) is 0 Å². The van der Waals surface area contributed by atoms with Gasteiger partial charge in [0.2, 0.25) is 0 Å². The third kappa shape index (κ3) is 50.4. The van der Waals surface area contributed by atoms with Gasteiger partial charge in [0, 0.05) is 50.8 Å². The first-order valence-electron chi connectivity index (χ1n) is 33.3. The van der Waals surface area contributed by atoms with E-state index in [-0.39, 0.29) is 23.4 Å². The number of carbonyl (C=O) groups excluding carboxylic acids is 2. The van der Waals surface area contributed by atoms with Crippen LogP contribution in [-0.4, -0.2) is 139 Å². The lowest BCUT2D eigenvalue weighted by Gasteiger charge is -2.09. The van der Waals surface area contributed by atoms with E-state index in [1.54, 1.807) is 36.4 Å². The fourth-order valence-corrected chi connectivity index (χ4v) is 11.5. The van der Waals surface area contributed by atoms with Crippen molar-refractivity contribution in [2.45, 2.75) is 232 Å². The maximum absolute atomic E-state index is 11.9. The fourth-order valence-electron chi connectivity index (χ4n) is 9.25. The summed E-state index contributed by atoms with van der Waals surface area (Å²) in [6.45, 7) is 14.2. The summed E-state index contributed by atoms with van der Waals surface area (Å²) in [4.78, 5) is 23.8. The third-order valence-corrected chi connectivity index (χ3v) is 16.9. The summed E-state index contributed by atoms with van der Waals surface area (Å²) in [6.07, 6.45) is 37.7. The molecule has 0 radical (unpaired) electrons. The second kappa shape index (κ2) is 60.6. The Morgan fingerprint density at radius 1 is 0.321 bits per heavy atom. The molecule has 0 saturated heterocycles. The van der Waals surface area contributed by atoms with Crippen LogP contribution in [0.1, 0.15) is 230 Å². The van der Waals surface area contributed by atoms with Crippen molar-refractivity contribution in [1.82, 2.24) is 0 Å². The van der Waals surface area contributed by atoms with E-state index in [1.165, 1.54) is 114 Å². The monoisotopic (exact) mass is 1220 g/mol. The van der Waals surface area contributed by atoms with Crippen LogP contribution in [0, 0.1) is 0 Å². The summed E-state index contributed by atoms with van der Waals surface area (Å²) >= 11 is 0. The lowest BCUT2D eigenvalue weighted by molar-refractivity contribution is -0.135. The van der Waals surface area contributed by atoms with Gasteiger partial charge in [0.05, 0.1) is 79.3 Å². The SMILES string of the molecule is CCCCC(=O)Oc1ccc(O)c(CCCCCCOCCOCCOCCOCCCCCCCCCCCSSCCCCCCCCCCCOCCOCCOCCOCCCCCCc2cc(OC(=O)CCCC)ccc2O)c1. The Balaban J connectivity index is 1.15. The summed E-state index contributed by atoms with van der Waals surface area (Å²) in [5.41, 5.74) is 1.64. The van der Waals surface area contributed by atoms with Gasteiger partial charge in [0.25, 0.3) is 0 Å². The normalized spacial score (nSPS) is 11.5. The number of unbranched alkanes of at least 4 members (excludes halogenated alkanes) is 24. The van der Waals surface area contributed by atoms with Gasteiger partial charge in [-0.3, -0.25) is 9.59 Å². The first kappa shape index (κ1) is 77.5. The average molecular weight is 1220 g/mol. The fraction of sp³-hybridized carbons (Fsp3) is 0.794. The topological polar surface area (TPSA) is 167 Å². The Bertz CT molecular complexity index is 1650. The van der Waals surface area contributed by atoms with E-state index in [0.717, 1.165) is 127 Å². The van der Waals surface area contributed by atoms with Crippen molar-refractivity contribution < 1.29 is 67.2 Å². The van der Waals surface area contributed by atoms with Crippen molar-refractivity contribution >= 4 is 33.5 Å². The second-order valence-electron chi connectivity index (χ2n) is 22.0. The number of esters is 2. The largest absolute Gasteiger partial charge is 0.508 e. The van der Waals surface area contributed by atoms with Gasteiger partial charge >= 0.3 is 11.9 Å². The van der Waals surface area contributed by atoms with Gasteiger partial charge in [-0.25, -0.2) is 0 Å². The van der Waals surface area contributed by atoms with E-state index < -0.39 is 0 Å². The number of hydrogen-bond donors (Lipinski definition) is 2. The Labute approximate surface area is 518 Å². The Morgan fingerprint density at radius 3 is 0.857 bits per heavy atom. The van der Waals surface area contributed by atoms with E-state index in [9.17, 15) is 19.8 Å². The molecule has 0 aliphatic rings. The standard InChI is InChI=1S/C68H118O14S2/c1-3-5-35-67(71)81-63-37-39-65(69)61(59-63)33-25-17-21-29-43-75-47-51-79-55-53-77-49-45-73-41-27-19-13-9-7-11-15-23-31-57-83-84-58-32-24-16-12-8-10-14-20-28-42-74-46-50-78-54-56-80-52-48-76-44-30-22-18-26-34-62-60-64(38-40-66(62)70)82-68(72)36-6-4-2/h37-40,59-60,69-70H,3-36,41-58H2,1-2H3. The highest BCUT2D eigenvalue weighted by molar-refractivity contribution is 8.76. The van der Waals surface area contributed by atoms with Crippen molar-refractivity contribution in [2.24, 2.45) is 0 Å². The Kier molecular flexibility index (Phi) is 55.9. The zero-order valence-electron chi connectivity index (χ0n) is 52.8. The van der Waals surface area contributed by atoms with Gasteiger partial charge in [-0.05, 0) is 125 Å². The molecule has 2 aromatic rings. The number of rotatable bonds is 65. The zero-order chi connectivity index (χ0) is 60.1. The van der Waals surface area contributed by atoms with Gasteiger partial charge < -0.3 is 57.6 Å². The van der Waals surface area contributed by atoms with Crippen molar-refractivity contribution in [3.63, 3.8) is 0 Å². The molecule has 16 heteroatoms. The van der Waals surface area contributed by atoms with E-state index in [0.29, 0.717) is 117 Å². The molecule has 0 aliphatic heterocycles. The van der Waals surface area contributed by atoms with Crippen molar-refractivity contribution in [3.8, 4) is 23.0 Å². The minimum atomic E-state index is -0.224. The number of hydrogen-bond acceptors (Lipinski definition) is 16. The summed E-state index contributed by atoms with van der Waals surface area (Å²) < 4.78 is 56.3. The minimum Gasteiger partial charge on any atom is -0.508 e. The van der Waals surface area contributed by atoms with Crippen molar-refractivity contribution in [3.05, 3.63) is 47.5 Å². The zero-order valence-corrected chi connectivity index (χ0v) is 54.5. The quantitative estimate of drug-likeness (QED) is 0.0278. The first-order chi connectivity index (χ1) is 41.4. The molecule has 2 N–H and O–H groups in total. The molecule has 0 spiro atoms. The van der Waals surface area contributed by atoms with Gasteiger partial charge in [0.15, 0.2) is 0 Å². The van der Waals surface area contributed by atoms with E-state index in [4.69, 9.17) is 47.4 Å². The molecule has 0 atom stereocenters. The van der Waals surface area contributed by atoms with Crippen LogP contribution in [-0.2, 0) is 60.3 Å². The maximum Gasteiger partial charge on any atom is 0.311 e. The molecule has 14 nitrogen and oxygen atoms in total. The first-order valence-corrected chi connectivity index (χ1v) is 35.8. The van der Waals surface area contributed by atoms with Crippen LogP contribution >= 0.6 is 21.6 Å². The molecular formula is C68H118O14S2. The number of aryl methyl sites for hydroxylation is 2. The van der Waals surface area contributed by atoms with Crippen LogP contribution < -0.4 is 9.47 Å². The molecule has 0 aliphatic carbocycles. The molecule has 0 amide bonds. The molecular weight excluding hydrogens is 1100 g/mol. The Hall–Kier alpha value is -2.64. The highest BCUT2D eigenvalue weighted by atomic mass is 33.1. The number of ether oxygens (including phenoxy) is 10. The van der Waals surface area contributed by atoms with E-state index >= 15 is 0 Å². The summed E-state index contributed by atoms with van der Waals surface area (Å²) in [6, 6.07) is 10.1. The molecule has 2 aromatic carbocycles.